The number of fused-ring (bicyclic) bond motifs is 1. The minimum Gasteiger partial charge on any atom is -0.352 e. The van der Waals surface area contributed by atoms with Crippen LogP contribution in [-0.4, -0.2) is 42.4 Å². The lowest BCUT2D eigenvalue weighted by molar-refractivity contribution is -0.114. The van der Waals surface area contributed by atoms with Crippen molar-refractivity contribution < 1.29 is 14.0 Å². The van der Waals surface area contributed by atoms with Crippen molar-refractivity contribution in [2.75, 3.05) is 24.5 Å². The Morgan fingerprint density at radius 1 is 1.07 bits per heavy atom. The van der Waals surface area contributed by atoms with Gasteiger partial charge in [-0.1, -0.05) is 67.6 Å². The van der Waals surface area contributed by atoms with E-state index in [-0.39, 0.29) is 24.2 Å². The van der Waals surface area contributed by atoms with Gasteiger partial charge in [0.15, 0.2) is 0 Å². The van der Waals surface area contributed by atoms with Crippen LogP contribution in [0.25, 0.3) is 6.08 Å². The first-order valence-corrected chi connectivity index (χ1v) is 15.0. The number of benzene rings is 3. The van der Waals surface area contributed by atoms with Crippen LogP contribution in [0.4, 0.5) is 10.1 Å². The quantitative estimate of drug-likeness (QED) is 0.230. The number of halogens is 1. The van der Waals surface area contributed by atoms with E-state index >= 15 is 0 Å². The highest BCUT2D eigenvalue weighted by atomic mass is 32.2. The molecule has 2 heterocycles. The van der Waals surface area contributed by atoms with Crippen LogP contribution in [0.1, 0.15) is 60.5 Å². The minimum atomic E-state index is -0.321. The standard InChI is InChI=1S/C33H36FN3O2S/c1-2-28-11-6-7-19-36(28)20-8-18-35-32(38)26-14-17-30-29(22-26)37(23-25-12-15-27(34)16-13-25)33(39)31(40-30)21-24-9-4-3-5-10-24/h3-5,9-10,12-17,21-22,28H,2,6-8,11,18-20,23H2,1H3,(H,35,38). The molecule has 1 saturated heterocycles. The van der Waals surface area contributed by atoms with Crippen LogP contribution in [0.3, 0.4) is 0 Å². The Hall–Kier alpha value is -3.42. The zero-order valence-electron chi connectivity index (χ0n) is 22.9. The van der Waals surface area contributed by atoms with E-state index in [1.807, 2.05) is 48.5 Å². The van der Waals surface area contributed by atoms with Crippen molar-refractivity contribution in [3.63, 3.8) is 0 Å². The Morgan fingerprint density at radius 2 is 1.88 bits per heavy atom. The van der Waals surface area contributed by atoms with Gasteiger partial charge in [-0.05, 0) is 79.8 Å². The summed E-state index contributed by atoms with van der Waals surface area (Å²) >= 11 is 1.41. The monoisotopic (exact) mass is 557 g/mol. The molecule has 3 aromatic rings. The normalized spacial score (nSPS) is 18.6. The van der Waals surface area contributed by atoms with Gasteiger partial charge in [0.05, 0.1) is 17.1 Å². The Balaban J connectivity index is 1.32. The molecule has 0 aromatic heterocycles. The molecule has 7 heteroatoms. The van der Waals surface area contributed by atoms with Gasteiger partial charge in [0.2, 0.25) is 0 Å². The predicted molar refractivity (Wildman–Crippen MR) is 161 cm³/mol. The second kappa shape index (κ2) is 13.3. The molecule has 1 atom stereocenters. The number of hydrogen-bond donors (Lipinski definition) is 1. The molecule has 1 fully saturated rings. The molecule has 0 saturated carbocycles. The van der Waals surface area contributed by atoms with Gasteiger partial charge in [-0.25, -0.2) is 4.39 Å². The molecule has 3 aromatic carbocycles. The fraction of sp³-hybridized carbons (Fsp3) is 0.333. The highest BCUT2D eigenvalue weighted by Crippen LogP contribution is 2.43. The van der Waals surface area contributed by atoms with Crippen LogP contribution in [-0.2, 0) is 11.3 Å². The van der Waals surface area contributed by atoms with Gasteiger partial charge in [-0.15, -0.1) is 0 Å². The minimum absolute atomic E-state index is 0.140. The molecule has 0 aliphatic carbocycles. The van der Waals surface area contributed by atoms with Crippen LogP contribution >= 0.6 is 11.8 Å². The maximum Gasteiger partial charge on any atom is 0.265 e. The lowest BCUT2D eigenvalue weighted by Crippen LogP contribution is -2.40. The molecule has 1 N–H and O–H groups in total. The number of hydrogen-bond acceptors (Lipinski definition) is 4. The smallest absolute Gasteiger partial charge is 0.265 e. The lowest BCUT2D eigenvalue weighted by atomic mass is 10.00. The summed E-state index contributed by atoms with van der Waals surface area (Å²) in [7, 11) is 0. The second-order valence-electron chi connectivity index (χ2n) is 10.4. The van der Waals surface area contributed by atoms with Crippen molar-refractivity contribution in [3.05, 3.63) is 100 Å². The maximum absolute atomic E-state index is 13.7. The van der Waals surface area contributed by atoms with Gasteiger partial charge in [0.25, 0.3) is 11.8 Å². The van der Waals surface area contributed by atoms with Crippen LogP contribution in [0.5, 0.6) is 0 Å². The number of nitrogens with zero attached hydrogens (tertiary/aromatic N) is 2. The fourth-order valence-corrected chi connectivity index (χ4v) is 6.52. The average Bonchev–Trinajstić information content (AvgIpc) is 2.99. The molecule has 1 unspecified atom stereocenters. The van der Waals surface area contributed by atoms with Crippen LogP contribution in [0.15, 0.2) is 82.6 Å². The fourth-order valence-electron chi connectivity index (χ4n) is 5.48. The van der Waals surface area contributed by atoms with Gasteiger partial charge in [-0.3, -0.25) is 9.59 Å². The molecule has 0 spiro atoms. The first-order valence-electron chi connectivity index (χ1n) is 14.2. The Bertz CT molecular complexity index is 1360. The van der Waals surface area contributed by atoms with Crippen LogP contribution < -0.4 is 10.2 Å². The summed E-state index contributed by atoms with van der Waals surface area (Å²) in [4.78, 5) is 32.6. The third kappa shape index (κ3) is 6.83. The molecule has 208 valence electrons. The van der Waals surface area contributed by atoms with Crippen LogP contribution in [0, 0.1) is 5.82 Å². The van der Waals surface area contributed by atoms with Crippen LogP contribution in [0.2, 0.25) is 0 Å². The molecule has 40 heavy (non-hydrogen) atoms. The highest BCUT2D eigenvalue weighted by molar-refractivity contribution is 8.04. The van der Waals surface area contributed by atoms with Gasteiger partial charge in [0.1, 0.15) is 5.82 Å². The Labute approximate surface area is 240 Å². The summed E-state index contributed by atoms with van der Waals surface area (Å²) in [6.07, 6.45) is 7.81. The third-order valence-electron chi connectivity index (χ3n) is 7.67. The van der Waals surface area contributed by atoms with Crippen molar-refractivity contribution in [1.82, 2.24) is 10.2 Å². The zero-order valence-corrected chi connectivity index (χ0v) is 23.8. The van der Waals surface area contributed by atoms with Gasteiger partial charge in [-0.2, -0.15) is 0 Å². The van der Waals surface area contributed by atoms with Gasteiger partial charge in [0, 0.05) is 29.6 Å². The van der Waals surface area contributed by atoms with Crippen molar-refractivity contribution in [2.45, 2.75) is 56.5 Å². The second-order valence-corrected chi connectivity index (χ2v) is 11.5. The van der Waals surface area contributed by atoms with E-state index in [0.29, 0.717) is 28.7 Å². The van der Waals surface area contributed by atoms with E-state index in [4.69, 9.17) is 0 Å². The predicted octanol–water partition coefficient (Wildman–Crippen LogP) is 6.89. The number of nitrogens with one attached hydrogen (secondary N) is 1. The Morgan fingerprint density at radius 3 is 2.65 bits per heavy atom. The number of rotatable bonds is 9. The molecular formula is C33H36FN3O2S. The number of likely N-dealkylation sites (tertiary alicyclic amines) is 1. The number of anilines is 1. The molecular weight excluding hydrogens is 521 g/mol. The first kappa shape index (κ1) is 28.1. The first-order chi connectivity index (χ1) is 19.5. The SMILES string of the molecule is CCC1CCCCN1CCCNC(=O)c1ccc2c(c1)N(Cc1ccc(F)cc1)C(=O)C(=Cc1ccccc1)S2. The van der Waals surface area contributed by atoms with E-state index in [9.17, 15) is 14.0 Å². The molecule has 2 aliphatic heterocycles. The van der Waals surface area contributed by atoms with E-state index in [0.717, 1.165) is 35.5 Å². The van der Waals surface area contributed by atoms with Gasteiger partial charge >= 0.3 is 0 Å². The third-order valence-corrected chi connectivity index (χ3v) is 8.74. The lowest BCUT2D eigenvalue weighted by Gasteiger charge is -2.35. The van der Waals surface area contributed by atoms with E-state index in [1.165, 1.54) is 49.6 Å². The molecule has 2 aliphatic rings. The maximum atomic E-state index is 13.7. The van der Waals surface area contributed by atoms with Gasteiger partial charge < -0.3 is 15.1 Å². The van der Waals surface area contributed by atoms with E-state index < -0.39 is 0 Å². The highest BCUT2D eigenvalue weighted by Gasteiger charge is 2.30. The summed E-state index contributed by atoms with van der Waals surface area (Å²) in [5, 5.41) is 3.07. The van der Waals surface area contributed by atoms with Crippen molar-refractivity contribution in [3.8, 4) is 0 Å². The molecule has 0 radical (unpaired) electrons. The van der Waals surface area contributed by atoms with Crippen molar-refractivity contribution in [2.24, 2.45) is 0 Å². The van der Waals surface area contributed by atoms with Crippen molar-refractivity contribution in [1.29, 1.82) is 0 Å². The Kier molecular flexibility index (Phi) is 9.34. The van der Waals surface area contributed by atoms with E-state index in [2.05, 4.69) is 17.1 Å². The summed E-state index contributed by atoms with van der Waals surface area (Å²) in [5.74, 6) is -0.604. The molecule has 5 rings (SSSR count). The summed E-state index contributed by atoms with van der Waals surface area (Å²) in [5.41, 5.74) is 2.96. The zero-order chi connectivity index (χ0) is 27.9. The average molecular weight is 558 g/mol. The molecule has 2 amide bonds. The largest absolute Gasteiger partial charge is 0.352 e. The summed E-state index contributed by atoms with van der Waals surface area (Å²) in [6.45, 7) is 5.28. The molecule has 0 bridgehead atoms. The van der Waals surface area contributed by atoms with Crippen molar-refractivity contribution >= 4 is 35.3 Å². The summed E-state index contributed by atoms with van der Waals surface area (Å²) < 4.78 is 13.6. The number of carbonyl (C=O) groups excluding carboxylic acids is 2. The van der Waals surface area contributed by atoms with E-state index in [1.54, 1.807) is 23.1 Å². The number of amides is 2. The number of thioether (sulfide) groups is 1. The number of carbonyl (C=O) groups is 2. The summed E-state index contributed by atoms with van der Waals surface area (Å²) in [6, 6.07) is 22.1. The number of piperidine rings is 1. The molecule has 5 nitrogen and oxygen atoms in total. The topological polar surface area (TPSA) is 52.7 Å².